The first-order valence-corrected chi connectivity index (χ1v) is 14.1. The first kappa shape index (κ1) is 24.6. The van der Waals surface area contributed by atoms with E-state index in [4.69, 9.17) is 0 Å². The summed E-state index contributed by atoms with van der Waals surface area (Å²) in [5.74, 6) is 2.15. The van der Waals surface area contributed by atoms with Crippen LogP contribution in [0.4, 0.5) is 0 Å². The summed E-state index contributed by atoms with van der Waals surface area (Å²) in [6.45, 7) is 19.2. The van der Waals surface area contributed by atoms with Crippen molar-refractivity contribution in [3.8, 4) is 0 Å². The molecule has 11 atom stereocenters. The fourth-order valence-corrected chi connectivity index (χ4v) is 11.8. The number of hydrogen-bond acceptors (Lipinski definition) is 3. The molecule has 11 unspecified atom stereocenters. The third-order valence-electron chi connectivity index (χ3n) is 13.9. The Labute approximate surface area is 203 Å². The lowest BCUT2D eigenvalue weighted by Crippen LogP contribution is -2.69. The van der Waals surface area contributed by atoms with E-state index in [-0.39, 0.29) is 38.6 Å². The second kappa shape index (κ2) is 7.00. The van der Waals surface area contributed by atoms with Crippen LogP contribution in [0.25, 0.3) is 0 Å². The zero-order valence-electron chi connectivity index (χ0n) is 22.7. The van der Waals surface area contributed by atoms with E-state index in [1.807, 2.05) is 0 Å². The molecule has 0 saturated heterocycles. The SMILES string of the molecule is CC1(C)CCC2(C)C(CCC3(C)C2CCC2C4(C)CC(O)C(O)C(C)(C)C4CCC23C)C1O. The van der Waals surface area contributed by atoms with E-state index in [0.29, 0.717) is 23.7 Å². The third-order valence-corrected chi connectivity index (χ3v) is 13.9. The van der Waals surface area contributed by atoms with Gasteiger partial charge in [0.2, 0.25) is 0 Å². The summed E-state index contributed by atoms with van der Waals surface area (Å²) >= 11 is 0. The Bertz CT molecular complexity index is 804. The molecule has 5 aliphatic carbocycles. The predicted octanol–water partition coefficient (Wildman–Crippen LogP) is 6.19. The Morgan fingerprint density at radius 3 is 1.70 bits per heavy atom. The summed E-state index contributed by atoms with van der Waals surface area (Å²) < 4.78 is 0. The zero-order valence-corrected chi connectivity index (χ0v) is 22.7. The van der Waals surface area contributed by atoms with Crippen LogP contribution in [0.15, 0.2) is 0 Å². The van der Waals surface area contributed by atoms with Gasteiger partial charge in [-0.05, 0) is 114 Å². The maximum absolute atomic E-state index is 11.4. The molecule has 5 fully saturated rings. The Kier molecular flexibility index (Phi) is 5.21. The standard InChI is InChI=1S/C30H52O3/c1-25(2)15-16-27(5)18(23(25)32)11-13-29(7)21(27)9-10-22-28(6)17-19(31)24(33)26(3,4)20(28)12-14-30(22,29)8/h18-24,31-33H,9-17H2,1-8H3. The summed E-state index contributed by atoms with van der Waals surface area (Å²) in [4.78, 5) is 0. The van der Waals surface area contributed by atoms with Crippen molar-refractivity contribution in [3.63, 3.8) is 0 Å². The minimum atomic E-state index is -0.617. The van der Waals surface area contributed by atoms with E-state index in [1.165, 1.54) is 38.5 Å². The molecule has 0 aromatic rings. The minimum absolute atomic E-state index is 0.0369. The highest BCUT2D eigenvalue weighted by molar-refractivity contribution is 5.20. The van der Waals surface area contributed by atoms with Crippen molar-refractivity contribution in [2.75, 3.05) is 0 Å². The molecule has 0 aromatic carbocycles. The van der Waals surface area contributed by atoms with E-state index in [9.17, 15) is 15.3 Å². The molecule has 190 valence electrons. The van der Waals surface area contributed by atoms with Crippen LogP contribution in [0.3, 0.4) is 0 Å². The monoisotopic (exact) mass is 460 g/mol. The van der Waals surface area contributed by atoms with Crippen LogP contribution < -0.4 is 0 Å². The number of hydrogen-bond donors (Lipinski definition) is 3. The second-order valence-corrected chi connectivity index (χ2v) is 15.7. The van der Waals surface area contributed by atoms with Gasteiger partial charge in [-0.15, -0.1) is 0 Å². The maximum Gasteiger partial charge on any atom is 0.0852 e. The van der Waals surface area contributed by atoms with Gasteiger partial charge in [0.15, 0.2) is 0 Å². The van der Waals surface area contributed by atoms with Gasteiger partial charge >= 0.3 is 0 Å². The van der Waals surface area contributed by atoms with Gasteiger partial charge in [-0.25, -0.2) is 0 Å². The number of aliphatic hydroxyl groups is 3. The predicted molar refractivity (Wildman–Crippen MR) is 134 cm³/mol. The molecular formula is C30H52O3. The summed E-state index contributed by atoms with van der Waals surface area (Å²) in [7, 11) is 0. The number of rotatable bonds is 0. The fraction of sp³-hybridized carbons (Fsp3) is 1.00. The first-order chi connectivity index (χ1) is 15.1. The fourth-order valence-electron chi connectivity index (χ4n) is 11.8. The minimum Gasteiger partial charge on any atom is -0.392 e. The Balaban J connectivity index is 1.53. The van der Waals surface area contributed by atoms with Gasteiger partial charge in [0.25, 0.3) is 0 Å². The molecule has 0 aromatic heterocycles. The zero-order chi connectivity index (χ0) is 24.4. The van der Waals surface area contributed by atoms with Gasteiger partial charge < -0.3 is 15.3 Å². The summed E-state index contributed by atoms with van der Waals surface area (Å²) in [5.41, 5.74) is 0.639. The molecule has 0 radical (unpaired) electrons. The van der Waals surface area contributed by atoms with Gasteiger partial charge in [0.1, 0.15) is 0 Å². The molecular weight excluding hydrogens is 408 g/mol. The van der Waals surface area contributed by atoms with Gasteiger partial charge in [-0.3, -0.25) is 0 Å². The van der Waals surface area contributed by atoms with Crippen LogP contribution in [0.1, 0.15) is 113 Å². The van der Waals surface area contributed by atoms with Crippen molar-refractivity contribution in [1.29, 1.82) is 0 Å². The molecule has 5 aliphatic rings. The van der Waals surface area contributed by atoms with Crippen molar-refractivity contribution in [2.45, 2.75) is 131 Å². The maximum atomic E-state index is 11.4. The Hall–Kier alpha value is -0.120. The average Bonchev–Trinajstić information content (AvgIpc) is 2.70. The number of aliphatic hydroxyl groups excluding tert-OH is 3. The van der Waals surface area contributed by atoms with E-state index < -0.39 is 12.2 Å². The first-order valence-electron chi connectivity index (χ1n) is 14.1. The van der Waals surface area contributed by atoms with Crippen LogP contribution in [0, 0.1) is 56.2 Å². The normalized spacial score (nSPS) is 59.5. The average molecular weight is 461 g/mol. The van der Waals surface area contributed by atoms with Gasteiger partial charge in [-0.1, -0.05) is 55.4 Å². The molecule has 5 saturated carbocycles. The van der Waals surface area contributed by atoms with E-state index in [1.54, 1.807) is 0 Å². The summed E-state index contributed by atoms with van der Waals surface area (Å²) in [5, 5.41) is 33.3. The van der Waals surface area contributed by atoms with E-state index in [2.05, 4.69) is 55.4 Å². The molecule has 0 aliphatic heterocycles. The van der Waals surface area contributed by atoms with Crippen LogP contribution in [0.5, 0.6) is 0 Å². The Morgan fingerprint density at radius 2 is 1.09 bits per heavy atom. The van der Waals surface area contributed by atoms with Gasteiger partial charge in [-0.2, -0.15) is 0 Å². The van der Waals surface area contributed by atoms with Crippen molar-refractivity contribution in [1.82, 2.24) is 0 Å². The lowest BCUT2D eigenvalue weighted by Gasteiger charge is -2.74. The summed E-state index contributed by atoms with van der Waals surface area (Å²) in [6.07, 6.45) is 9.01. The second-order valence-electron chi connectivity index (χ2n) is 15.7. The van der Waals surface area contributed by atoms with Crippen LogP contribution in [0.2, 0.25) is 0 Å². The molecule has 0 heterocycles. The smallest absolute Gasteiger partial charge is 0.0852 e. The van der Waals surface area contributed by atoms with Crippen molar-refractivity contribution in [3.05, 3.63) is 0 Å². The molecule has 3 nitrogen and oxygen atoms in total. The van der Waals surface area contributed by atoms with Crippen molar-refractivity contribution < 1.29 is 15.3 Å². The molecule has 3 heteroatoms. The van der Waals surface area contributed by atoms with Crippen molar-refractivity contribution in [2.24, 2.45) is 56.2 Å². The molecule has 33 heavy (non-hydrogen) atoms. The highest BCUT2D eigenvalue weighted by atomic mass is 16.3. The van der Waals surface area contributed by atoms with E-state index >= 15 is 0 Å². The molecule has 0 bridgehead atoms. The lowest BCUT2D eigenvalue weighted by atomic mass is 9.30. The molecule has 0 spiro atoms. The highest BCUT2D eigenvalue weighted by Crippen LogP contribution is 2.77. The van der Waals surface area contributed by atoms with Crippen LogP contribution >= 0.6 is 0 Å². The van der Waals surface area contributed by atoms with E-state index in [0.717, 1.165) is 19.3 Å². The molecule has 3 N–H and O–H groups in total. The number of fused-ring (bicyclic) bond motifs is 7. The lowest BCUT2D eigenvalue weighted by molar-refractivity contribution is -0.278. The third kappa shape index (κ3) is 2.85. The quantitative estimate of drug-likeness (QED) is 0.404. The topological polar surface area (TPSA) is 60.7 Å². The van der Waals surface area contributed by atoms with Crippen LogP contribution in [-0.2, 0) is 0 Å². The molecule has 5 rings (SSSR count). The highest BCUT2D eigenvalue weighted by Gasteiger charge is 2.71. The molecule has 0 amide bonds. The van der Waals surface area contributed by atoms with Gasteiger partial charge in [0.05, 0.1) is 18.3 Å². The Morgan fingerprint density at radius 1 is 0.545 bits per heavy atom. The largest absolute Gasteiger partial charge is 0.392 e. The van der Waals surface area contributed by atoms with Crippen LogP contribution in [-0.4, -0.2) is 33.6 Å². The van der Waals surface area contributed by atoms with Gasteiger partial charge in [0, 0.05) is 0 Å². The van der Waals surface area contributed by atoms with Crippen molar-refractivity contribution >= 4 is 0 Å². The summed E-state index contributed by atoms with van der Waals surface area (Å²) in [6, 6.07) is 0.